The smallest absolute Gasteiger partial charge is 0.418 e. The molecule has 1 saturated heterocycles. The summed E-state index contributed by atoms with van der Waals surface area (Å²) in [7, 11) is -2.95. The van der Waals surface area contributed by atoms with E-state index in [0.29, 0.717) is 18.0 Å². The van der Waals surface area contributed by atoms with Crippen LogP contribution in [-0.2, 0) is 49.1 Å². The van der Waals surface area contributed by atoms with Gasteiger partial charge < -0.3 is 26.4 Å². The van der Waals surface area contributed by atoms with E-state index in [-0.39, 0.29) is 29.2 Å². The number of rotatable bonds is 12. The first-order valence-electron chi connectivity index (χ1n) is 14.1. The largest absolute Gasteiger partial charge is 0.486 e. The number of aromatic nitrogens is 3. The van der Waals surface area contributed by atoms with E-state index in [1.165, 1.54) is 19.2 Å². The number of nitrogens with one attached hydrogen (secondary N) is 1. The molecule has 16 nitrogen and oxygen atoms in total. The van der Waals surface area contributed by atoms with E-state index in [1.54, 1.807) is 0 Å². The minimum Gasteiger partial charge on any atom is -0.486 e. The number of nitrogens with zero attached hydrogens (tertiary/aromatic N) is 5. The van der Waals surface area contributed by atoms with Gasteiger partial charge in [0.2, 0.25) is 6.20 Å². The van der Waals surface area contributed by atoms with E-state index in [2.05, 4.69) is 42.9 Å². The lowest BCUT2D eigenvalue weighted by Crippen LogP contribution is -2.76. The molecule has 0 spiro atoms. The van der Waals surface area contributed by atoms with Crippen LogP contribution in [0.15, 0.2) is 41.1 Å². The minimum absolute atomic E-state index is 0.0290. The number of amides is 2. The number of benzene rings is 1. The summed E-state index contributed by atoms with van der Waals surface area (Å²) < 4.78 is 45.8. The number of hydrogen-bond acceptors (Lipinski definition) is 12. The molecule has 18 heteroatoms. The number of fused-ring (bicyclic) bond motifs is 1. The predicted octanol–water partition coefficient (Wildman–Crippen LogP) is 0.322. The Morgan fingerprint density at radius 3 is 2.80 bits per heavy atom. The van der Waals surface area contributed by atoms with Crippen LogP contribution in [0.2, 0.25) is 0 Å². The average Bonchev–Trinajstić information content (AvgIpc) is 3.59. The van der Waals surface area contributed by atoms with Gasteiger partial charge in [-0.1, -0.05) is 11.2 Å². The molecule has 0 aliphatic carbocycles. The third kappa shape index (κ3) is 7.09. The molecule has 3 aromatic rings. The number of hydrogen-bond donors (Lipinski definition) is 4. The maximum Gasteiger partial charge on any atom is 0.418 e. The first-order chi connectivity index (χ1) is 21.3. The molecule has 2 amide bonds. The molecule has 0 bridgehead atoms. The minimum atomic E-state index is -4.95. The molecular weight excluding hydrogens is 628 g/mol. The van der Waals surface area contributed by atoms with E-state index >= 15 is 0 Å². The molecule has 1 fully saturated rings. The lowest BCUT2D eigenvalue weighted by atomic mass is 9.84. The molecule has 0 saturated carbocycles. The van der Waals surface area contributed by atoms with Crippen molar-refractivity contribution < 1.29 is 41.1 Å². The zero-order chi connectivity index (χ0) is 32.5. The maximum atomic E-state index is 13.2. The number of ether oxygens (including phenoxy) is 1. The standard InChI is InChI=1S/C27H34N8O8S2/c1-27(2)23(25(37)35(27)43-45(38,39)40)31-24(36)22(20-15-44-26(29)30-20)32-41-14-19-7-5-17-11-16(6-8-21(17)42-19)18-12-33(3)34(13-18)10-4-9-28/h6,8,11-13,15,19,23H,4-5,7,9-10,14,28H2,1-3H3,(H3-,29,30,31,36,38,39,40)/p+1/b32-22-/t19-,23?/m1/s1. The second-order valence-corrected chi connectivity index (χ2v) is 13.1. The summed E-state index contributed by atoms with van der Waals surface area (Å²) >= 11 is 1.08. The number of carbonyl (C=O) groups is 2. The van der Waals surface area contributed by atoms with E-state index in [4.69, 9.17) is 25.6 Å². The summed E-state index contributed by atoms with van der Waals surface area (Å²) in [5.41, 5.74) is 13.2. The van der Waals surface area contributed by atoms with Gasteiger partial charge in [0, 0.05) is 5.38 Å². The number of nitrogens with two attached hydrogens (primary N) is 2. The molecule has 1 unspecified atom stereocenters. The normalized spacial score (nSPS) is 19.4. The Morgan fingerprint density at radius 2 is 2.13 bits per heavy atom. The van der Waals surface area contributed by atoms with E-state index in [1.807, 2.05) is 23.9 Å². The van der Waals surface area contributed by atoms with Crippen LogP contribution in [0.5, 0.6) is 5.75 Å². The molecule has 0 radical (unpaired) electrons. The number of thiazole rings is 1. The number of oxime groups is 1. The van der Waals surface area contributed by atoms with Gasteiger partial charge in [-0.05, 0) is 62.9 Å². The van der Waals surface area contributed by atoms with Gasteiger partial charge in [0.15, 0.2) is 24.5 Å². The van der Waals surface area contributed by atoms with Gasteiger partial charge >= 0.3 is 10.4 Å². The highest BCUT2D eigenvalue weighted by molar-refractivity contribution is 7.80. The fourth-order valence-corrected chi connectivity index (χ4v) is 6.13. The van der Waals surface area contributed by atoms with Crippen molar-refractivity contribution in [2.45, 2.75) is 57.3 Å². The third-order valence-corrected chi connectivity index (χ3v) is 8.56. The van der Waals surface area contributed by atoms with Crippen LogP contribution in [0, 0.1) is 0 Å². The van der Waals surface area contributed by atoms with Crippen molar-refractivity contribution in [1.29, 1.82) is 0 Å². The summed E-state index contributed by atoms with van der Waals surface area (Å²) in [6.45, 7) is 4.39. The molecule has 2 atom stereocenters. The van der Waals surface area contributed by atoms with Crippen molar-refractivity contribution in [3.63, 3.8) is 0 Å². The van der Waals surface area contributed by atoms with Crippen molar-refractivity contribution in [1.82, 2.24) is 20.0 Å². The fraction of sp³-hybridized carbons (Fsp3) is 0.444. The van der Waals surface area contributed by atoms with E-state index < -0.39 is 33.8 Å². The zero-order valence-corrected chi connectivity index (χ0v) is 26.5. The fourth-order valence-electron chi connectivity index (χ4n) is 5.13. The van der Waals surface area contributed by atoms with Crippen molar-refractivity contribution in [2.24, 2.45) is 17.9 Å². The number of β-lactam (4-membered cyclic amide) rings is 1. The second kappa shape index (κ2) is 12.7. The molecule has 6 N–H and O–H groups in total. The van der Waals surface area contributed by atoms with Crippen LogP contribution in [0.25, 0.3) is 11.1 Å². The summed E-state index contributed by atoms with van der Waals surface area (Å²) in [6.07, 6.45) is 6.12. The van der Waals surface area contributed by atoms with Crippen LogP contribution < -0.4 is 26.2 Å². The lowest BCUT2D eigenvalue weighted by Gasteiger charge is -2.50. The Balaban J connectivity index is 1.23. The Hall–Kier alpha value is -4.10. The molecule has 2 aromatic heterocycles. The van der Waals surface area contributed by atoms with E-state index in [0.717, 1.165) is 53.2 Å². The van der Waals surface area contributed by atoms with E-state index in [9.17, 15) is 18.0 Å². The number of anilines is 1. The molecule has 4 heterocycles. The van der Waals surface area contributed by atoms with Crippen LogP contribution >= 0.6 is 11.3 Å². The van der Waals surface area contributed by atoms with Gasteiger partial charge in [-0.15, -0.1) is 20.3 Å². The SMILES string of the molecule is C[n+]1cc(-c2ccc3c(c2)CC[C@H](CO/N=C(\C(=O)NC2C(=O)N(OS(=O)(=O)O)C2(C)C)c2csc(N)n2)O3)cn1CCCN. The lowest BCUT2D eigenvalue weighted by molar-refractivity contribution is -0.753. The molecule has 2 aliphatic rings. The van der Waals surface area contributed by atoms with Gasteiger partial charge in [0.05, 0.1) is 23.8 Å². The first kappa shape index (κ1) is 32.3. The quantitative estimate of drug-likeness (QED) is 0.0680. The summed E-state index contributed by atoms with van der Waals surface area (Å²) in [6, 6.07) is 4.86. The zero-order valence-electron chi connectivity index (χ0n) is 24.9. The monoisotopic (exact) mass is 663 g/mol. The predicted molar refractivity (Wildman–Crippen MR) is 162 cm³/mol. The van der Waals surface area contributed by atoms with Crippen molar-refractivity contribution in [2.75, 3.05) is 18.9 Å². The first-order valence-corrected chi connectivity index (χ1v) is 16.3. The van der Waals surface area contributed by atoms with Gasteiger partial charge in [0.25, 0.3) is 11.8 Å². The van der Waals surface area contributed by atoms with Gasteiger partial charge in [-0.2, -0.15) is 18.2 Å². The van der Waals surface area contributed by atoms with Gasteiger partial charge in [-0.3, -0.25) is 14.1 Å². The summed E-state index contributed by atoms with van der Waals surface area (Å²) in [5, 5.41) is 8.67. The Kier molecular flexibility index (Phi) is 9.13. The Bertz CT molecular complexity index is 1740. The highest BCUT2D eigenvalue weighted by Gasteiger charge is 2.58. The molecule has 5 rings (SSSR count). The number of aryl methyl sites for hydroxylation is 3. The maximum absolute atomic E-state index is 13.2. The van der Waals surface area contributed by atoms with Crippen molar-refractivity contribution >= 4 is 44.4 Å². The molecular formula is C27H35N8O8S2+. The molecule has 242 valence electrons. The van der Waals surface area contributed by atoms with Crippen LogP contribution in [0.3, 0.4) is 0 Å². The Morgan fingerprint density at radius 1 is 1.36 bits per heavy atom. The average molecular weight is 664 g/mol. The summed E-state index contributed by atoms with van der Waals surface area (Å²) in [5.74, 6) is -0.965. The molecule has 2 aliphatic heterocycles. The summed E-state index contributed by atoms with van der Waals surface area (Å²) in [4.78, 5) is 35.4. The van der Waals surface area contributed by atoms with Gasteiger partial charge in [-0.25, -0.2) is 4.98 Å². The number of hydroxylamine groups is 2. The number of carbonyl (C=O) groups excluding carboxylic acids is 2. The number of nitrogen functional groups attached to an aromatic ring is 1. The molecule has 45 heavy (non-hydrogen) atoms. The third-order valence-electron chi connectivity index (χ3n) is 7.55. The van der Waals surface area contributed by atoms with Crippen LogP contribution in [0.1, 0.15) is 37.9 Å². The van der Waals surface area contributed by atoms with Gasteiger partial charge in [0.1, 0.15) is 23.6 Å². The van der Waals surface area contributed by atoms with Crippen LogP contribution in [-0.4, -0.2) is 76.1 Å². The second-order valence-electron chi connectivity index (χ2n) is 11.2. The van der Waals surface area contributed by atoms with Crippen molar-refractivity contribution in [3.8, 4) is 16.9 Å². The highest BCUT2D eigenvalue weighted by Crippen LogP contribution is 2.34. The molecule has 1 aromatic carbocycles. The highest BCUT2D eigenvalue weighted by atomic mass is 32.3. The van der Waals surface area contributed by atoms with Crippen LogP contribution in [0.4, 0.5) is 5.13 Å². The topological polar surface area (TPSA) is 218 Å². The Labute approximate surface area is 263 Å². The van der Waals surface area contributed by atoms with Crippen molar-refractivity contribution in [3.05, 3.63) is 47.2 Å².